The van der Waals surface area contributed by atoms with Crippen LogP contribution in [0.3, 0.4) is 0 Å². The second-order valence-electron chi connectivity index (χ2n) is 7.31. The molecule has 10 heteroatoms. The van der Waals surface area contributed by atoms with Gasteiger partial charge in [-0.25, -0.2) is 9.97 Å². The van der Waals surface area contributed by atoms with Crippen molar-refractivity contribution in [1.29, 1.82) is 0 Å². The van der Waals surface area contributed by atoms with Crippen LogP contribution in [0.1, 0.15) is 27.0 Å². The number of alkyl halides is 3. The lowest BCUT2D eigenvalue weighted by Gasteiger charge is -2.21. The zero-order valence-electron chi connectivity index (χ0n) is 17.3. The Hall–Kier alpha value is -3.82. The van der Waals surface area contributed by atoms with Crippen LogP contribution in [-0.4, -0.2) is 29.0 Å². The first-order valence-corrected chi connectivity index (χ1v) is 9.81. The van der Waals surface area contributed by atoms with Crippen LogP contribution >= 0.6 is 0 Å². The number of carbonyl (C=O) groups excluding carboxylic acids is 1. The number of aromatic nitrogens is 2. The lowest BCUT2D eigenvalue weighted by molar-refractivity contribution is -0.138. The number of rotatable bonds is 4. The maximum Gasteiger partial charge on any atom is 0.416 e. The Labute approximate surface area is 182 Å². The summed E-state index contributed by atoms with van der Waals surface area (Å²) >= 11 is 0. The minimum absolute atomic E-state index is 0.0563. The van der Waals surface area contributed by atoms with Gasteiger partial charge in [0.1, 0.15) is 12.9 Å². The number of anilines is 4. The van der Waals surface area contributed by atoms with Crippen molar-refractivity contribution in [1.82, 2.24) is 9.97 Å². The second kappa shape index (κ2) is 8.37. The highest BCUT2D eigenvalue weighted by Gasteiger charge is 2.33. The first-order valence-electron chi connectivity index (χ1n) is 9.81. The van der Waals surface area contributed by atoms with Gasteiger partial charge in [0, 0.05) is 16.9 Å². The quantitative estimate of drug-likeness (QED) is 0.531. The molecule has 32 heavy (non-hydrogen) atoms. The number of benzene rings is 2. The fourth-order valence-electron chi connectivity index (χ4n) is 3.28. The molecule has 3 aromatic rings. The normalized spacial score (nSPS) is 12.9. The molecule has 0 fully saturated rings. The summed E-state index contributed by atoms with van der Waals surface area (Å²) in [4.78, 5) is 21.0. The van der Waals surface area contributed by atoms with E-state index in [9.17, 15) is 18.0 Å². The van der Waals surface area contributed by atoms with Gasteiger partial charge in [-0.3, -0.25) is 4.79 Å². The average molecular weight is 443 g/mol. The fourth-order valence-corrected chi connectivity index (χ4v) is 3.28. The molecule has 7 nitrogen and oxygen atoms in total. The molecule has 0 atom stereocenters. The maximum absolute atomic E-state index is 13.2. The van der Waals surface area contributed by atoms with Crippen molar-refractivity contribution in [2.75, 3.05) is 29.1 Å². The summed E-state index contributed by atoms with van der Waals surface area (Å²) in [5.74, 6) is 0.891. The molecule has 1 aliphatic heterocycles. The van der Waals surface area contributed by atoms with E-state index in [-0.39, 0.29) is 11.1 Å². The molecular weight excluding hydrogens is 423 g/mol. The maximum atomic E-state index is 13.2. The first kappa shape index (κ1) is 21.4. The number of ether oxygens (including phenoxy) is 1. The molecule has 0 unspecified atom stereocenters. The van der Waals surface area contributed by atoms with Crippen LogP contribution in [0.15, 0.2) is 42.7 Å². The third-order valence-electron chi connectivity index (χ3n) is 5.00. The number of hydrogen-bond donors (Lipinski definition) is 3. The summed E-state index contributed by atoms with van der Waals surface area (Å²) in [6.45, 7) is 4.34. The van der Waals surface area contributed by atoms with Gasteiger partial charge in [-0.2, -0.15) is 13.2 Å². The summed E-state index contributed by atoms with van der Waals surface area (Å²) in [5, 5.41) is 8.95. The van der Waals surface area contributed by atoms with E-state index >= 15 is 0 Å². The van der Waals surface area contributed by atoms with E-state index in [1.807, 2.05) is 6.92 Å². The zero-order valence-corrected chi connectivity index (χ0v) is 17.3. The number of halogens is 3. The van der Waals surface area contributed by atoms with Crippen LogP contribution in [0.2, 0.25) is 0 Å². The monoisotopic (exact) mass is 443 g/mol. The standard InChI is InChI=1S/C22H20F3N5O2/c1-12-3-5-14(9-16(12)22(23,24)25)21(31)29-15-6-4-13(2)17(10-15)30-20-18-19(27-11-28-20)26-7-8-32-18/h3-6,9-11H,7-8H2,1-2H3,(H,29,31)(H2,26,27,28,30). The highest BCUT2D eigenvalue weighted by molar-refractivity contribution is 6.04. The van der Waals surface area contributed by atoms with E-state index in [0.29, 0.717) is 41.9 Å². The van der Waals surface area contributed by atoms with Gasteiger partial charge >= 0.3 is 6.18 Å². The van der Waals surface area contributed by atoms with E-state index in [1.54, 1.807) is 18.2 Å². The van der Waals surface area contributed by atoms with E-state index in [0.717, 1.165) is 11.6 Å². The molecule has 1 aromatic heterocycles. The Bertz CT molecular complexity index is 1180. The molecule has 0 bridgehead atoms. The second-order valence-corrected chi connectivity index (χ2v) is 7.31. The summed E-state index contributed by atoms with van der Waals surface area (Å²) in [6.07, 6.45) is -3.13. The van der Waals surface area contributed by atoms with Crippen LogP contribution in [0.4, 0.5) is 36.2 Å². The third-order valence-corrected chi connectivity index (χ3v) is 5.00. The van der Waals surface area contributed by atoms with Crippen molar-refractivity contribution in [3.63, 3.8) is 0 Å². The van der Waals surface area contributed by atoms with Gasteiger partial charge < -0.3 is 20.7 Å². The van der Waals surface area contributed by atoms with Crippen LogP contribution in [0.5, 0.6) is 5.75 Å². The molecule has 1 amide bonds. The predicted molar refractivity (Wildman–Crippen MR) is 115 cm³/mol. The molecule has 0 saturated carbocycles. The number of aryl methyl sites for hydroxylation is 2. The Morgan fingerprint density at radius 3 is 2.66 bits per heavy atom. The molecule has 2 aromatic carbocycles. The minimum Gasteiger partial charge on any atom is -0.485 e. The Morgan fingerprint density at radius 1 is 1.09 bits per heavy atom. The van der Waals surface area contributed by atoms with Gasteiger partial charge in [-0.1, -0.05) is 12.1 Å². The average Bonchev–Trinajstić information content (AvgIpc) is 2.76. The van der Waals surface area contributed by atoms with Crippen molar-refractivity contribution < 1.29 is 22.7 Å². The van der Waals surface area contributed by atoms with E-state index in [4.69, 9.17) is 4.74 Å². The summed E-state index contributed by atoms with van der Waals surface area (Å²) in [7, 11) is 0. The van der Waals surface area contributed by atoms with Crippen molar-refractivity contribution in [3.8, 4) is 5.75 Å². The van der Waals surface area contributed by atoms with Gasteiger partial charge in [0.2, 0.25) is 5.75 Å². The molecule has 0 aliphatic carbocycles. The molecule has 0 saturated heterocycles. The largest absolute Gasteiger partial charge is 0.485 e. The highest BCUT2D eigenvalue weighted by Crippen LogP contribution is 2.35. The molecule has 1 aliphatic rings. The van der Waals surface area contributed by atoms with Gasteiger partial charge in [-0.05, 0) is 49.2 Å². The topological polar surface area (TPSA) is 88.2 Å². The van der Waals surface area contributed by atoms with Crippen molar-refractivity contribution >= 4 is 28.9 Å². The van der Waals surface area contributed by atoms with Crippen LogP contribution in [-0.2, 0) is 6.18 Å². The third kappa shape index (κ3) is 4.43. The van der Waals surface area contributed by atoms with E-state index in [1.165, 1.54) is 25.4 Å². The van der Waals surface area contributed by atoms with Gasteiger partial charge in [0.05, 0.1) is 12.1 Å². The molecule has 166 valence electrons. The van der Waals surface area contributed by atoms with Crippen LogP contribution in [0, 0.1) is 13.8 Å². The summed E-state index contributed by atoms with van der Waals surface area (Å²) < 4.78 is 45.2. The van der Waals surface area contributed by atoms with Gasteiger partial charge in [-0.15, -0.1) is 0 Å². The van der Waals surface area contributed by atoms with E-state index in [2.05, 4.69) is 25.9 Å². The van der Waals surface area contributed by atoms with Crippen molar-refractivity contribution in [3.05, 3.63) is 65.0 Å². The minimum atomic E-state index is -4.53. The lowest BCUT2D eigenvalue weighted by Crippen LogP contribution is -2.20. The van der Waals surface area contributed by atoms with Crippen LogP contribution < -0.4 is 20.7 Å². The molecule has 0 radical (unpaired) electrons. The SMILES string of the molecule is Cc1ccc(NC(=O)c2ccc(C)c(C(F)(F)F)c2)cc1Nc1ncnc2c1OCCN2. The Morgan fingerprint density at radius 2 is 1.88 bits per heavy atom. The Balaban J connectivity index is 1.57. The zero-order chi connectivity index (χ0) is 22.9. The lowest BCUT2D eigenvalue weighted by atomic mass is 10.0. The van der Waals surface area contributed by atoms with Crippen molar-refractivity contribution in [2.24, 2.45) is 0 Å². The number of fused-ring (bicyclic) bond motifs is 1. The molecule has 3 N–H and O–H groups in total. The first-order chi connectivity index (χ1) is 15.2. The number of amides is 1. The van der Waals surface area contributed by atoms with Gasteiger partial charge in [0.15, 0.2) is 11.6 Å². The smallest absolute Gasteiger partial charge is 0.416 e. The molecule has 0 spiro atoms. The molecule has 4 rings (SSSR count). The highest BCUT2D eigenvalue weighted by atomic mass is 19.4. The fraction of sp³-hybridized carbons (Fsp3) is 0.227. The van der Waals surface area contributed by atoms with E-state index < -0.39 is 17.6 Å². The number of carbonyl (C=O) groups is 1. The molecular formula is C22H20F3N5O2. The molecule has 2 heterocycles. The van der Waals surface area contributed by atoms with Gasteiger partial charge in [0.25, 0.3) is 5.91 Å². The number of nitrogens with one attached hydrogen (secondary N) is 3. The summed E-state index contributed by atoms with van der Waals surface area (Å²) in [6, 6.07) is 8.63. The predicted octanol–water partition coefficient (Wildman–Crippen LogP) is 4.91. The number of nitrogens with zero attached hydrogens (tertiary/aromatic N) is 2. The van der Waals surface area contributed by atoms with Crippen LogP contribution in [0.25, 0.3) is 0 Å². The summed E-state index contributed by atoms with van der Waals surface area (Å²) in [5.41, 5.74) is 1.08. The van der Waals surface area contributed by atoms with Crippen molar-refractivity contribution in [2.45, 2.75) is 20.0 Å². The number of hydrogen-bond acceptors (Lipinski definition) is 6. The Kier molecular flexibility index (Phi) is 5.60.